The van der Waals surface area contributed by atoms with Crippen LogP contribution in [0, 0.1) is 13.8 Å². The normalized spacial score (nSPS) is 11.9. The van der Waals surface area contributed by atoms with Gasteiger partial charge in [0.05, 0.1) is 0 Å². The molecule has 0 unspecified atom stereocenters. The van der Waals surface area contributed by atoms with Crippen molar-refractivity contribution in [3.05, 3.63) is 34.4 Å². The molecule has 0 spiro atoms. The second kappa shape index (κ2) is 5.91. The van der Waals surface area contributed by atoms with E-state index in [1.807, 2.05) is 13.8 Å². The molecule has 0 N–H and O–H groups in total. The van der Waals surface area contributed by atoms with Crippen LogP contribution in [0.25, 0.3) is 0 Å². The highest BCUT2D eigenvalue weighted by atomic mass is 14.3. The molecule has 0 aromatic heterocycles. The molecular weight excluding hydrogens is 216 g/mol. The van der Waals surface area contributed by atoms with E-state index in [4.69, 9.17) is 0 Å². The molecule has 0 amide bonds. The Hall–Kier alpha value is -0.780. The molecule has 0 radical (unpaired) electrons. The van der Waals surface area contributed by atoms with Crippen molar-refractivity contribution < 1.29 is 0 Å². The van der Waals surface area contributed by atoms with Crippen molar-refractivity contribution in [1.29, 1.82) is 0 Å². The molecular formula is C18H32. The average molecular weight is 248 g/mol. The van der Waals surface area contributed by atoms with Crippen molar-refractivity contribution in [2.75, 3.05) is 0 Å². The molecule has 0 saturated carbocycles. The van der Waals surface area contributed by atoms with E-state index in [0.29, 0.717) is 0 Å². The predicted octanol–water partition coefficient (Wildman–Crippen LogP) is 5.92. The maximum Gasteiger partial charge on any atom is -0.0129 e. The largest absolute Gasteiger partial charge is 0.0683 e. The van der Waals surface area contributed by atoms with Crippen molar-refractivity contribution >= 4 is 0 Å². The van der Waals surface area contributed by atoms with Crippen molar-refractivity contribution in [1.82, 2.24) is 0 Å². The van der Waals surface area contributed by atoms with Gasteiger partial charge in [-0.2, -0.15) is 0 Å². The van der Waals surface area contributed by atoms with Gasteiger partial charge in [-0.05, 0) is 41.4 Å². The van der Waals surface area contributed by atoms with Crippen molar-refractivity contribution in [3.8, 4) is 0 Å². The van der Waals surface area contributed by atoms with Crippen LogP contribution in [0.15, 0.2) is 12.1 Å². The topological polar surface area (TPSA) is 0 Å². The first-order valence-electron chi connectivity index (χ1n) is 7.15. The quantitative estimate of drug-likeness (QED) is 0.534. The van der Waals surface area contributed by atoms with Gasteiger partial charge in [0.2, 0.25) is 0 Å². The summed E-state index contributed by atoms with van der Waals surface area (Å²) in [5.74, 6) is 0. The molecule has 0 heterocycles. The van der Waals surface area contributed by atoms with Crippen molar-refractivity contribution in [3.63, 3.8) is 0 Å². The van der Waals surface area contributed by atoms with Crippen LogP contribution in [-0.2, 0) is 10.8 Å². The third kappa shape index (κ3) is 4.15. The summed E-state index contributed by atoms with van der Waals surface area (Å²) in [6.07, 6.45) is 0. The summed E-state index contributed by atoms with van der Waals surface area (Å²) in [5.41, 5.74) is 6.27. The Kier molecular flexibility index (Phi) is 5.65. The minimum absolute atomic E-state index is 0.232. The van der Waals surface area contributed by atoms with E-state index < -0.39 is 0 Å². The van der Waals surface area contributed by atoms with E-state index in [9.17, 15) is 0 Å². The number of rotatable bonds is 0. The van der Waals surface area contributed by atoms with Gasteiger partial charge >= 0.3 is 0 Å². The van der Waals surface area contributed by atoms with Crippen LogP contribution in [0.4, 0.5) is 0 Å². The van der Waals surface area contributed by atoms with Crippen LogP contribution in [0.1, 0.15) is 77.6 Å². The zero-order valence-corrected chi connectivity index (χ0v) is 14.2. The Labute approximate surface area is 115 Å². The first-order valence-corrected chi connectivity index (χ1v) is 7.15. The maximum absolute atomic E-state index is 2.34. The summed E-state index contributed by atoms with van der Waals surface area (Å²) in [4.78, 5) is 0. The van der Waals surface area contributed by atoms with Gasteiger partial charge in [-0.25, -0.2) is 0 Å². The maximum atomic E-state index is 2.34. The Morgan fingerprint density at radius 2 is 0.944 bits per heavy atom. The molecule has 1 aromatic carbocycles. The summed E-state index contributed by atoms with van der Waals surface area (Å²) in [6.45, 7) is 22.2. The first-order chi connectivity index (χ1) is 8.03. The van der Waals surface area contributed by atoms with Gasteiger partial charge in [-0.1, -0.05) is 73.1 Å². The van der Waals surface area contributed by atoms with E-state index in [1.54, 1.807) is 0 Å². The van der Waals surface area contributed by atoms with Gasteiger partial charge in [-0.15, -0.1) is 0 Å². The highest BCUT2D eigenvalue weighted by Crippen LogP contribution is 2.34. The van der Waals surface area contributed by atoms with Gasteiger partial charge in [0.15, 0.2) is 0 Å². The molecule has 1 aromatic rings. The smallest absolute Gasteiger partial charge is 0.0129 e. The molecule has 0 atom stereocenters. The highest BCUT2D eigenvalue weighted by molar-refractivity contribution is 5.44. The van der Waals surface area contributed by atoms with Crippen LogP contribution in [0.2, 0.25) is 0 Å². The van der Waals surface area contributed by atoms with Gasteiger partial charge in [0.1, 0.15) is 0 Å². The summed E-state index contributed by atoms with van der Waals surface area (Å²) < 4.78 is 0. The standard InChI is InChI=1S/C16H26.C2H6/c1-11-9-13(15(3,4)5)12(2)14(10-11)16(6,7)8;1-2/h9-10H,1-8H3;1-2H3. The fraction of sp³-hybridized carbons (Fsp3) is 0.667. The first kappa shape index (κ1) is 17.2. The molecule has 1 rings (SSSR count). The molecule has 0 nitrogen and oxygen atoms in total. The molecule has 0 aliphatic heterocycles. The number of benzene rings is 1. The fourth-order valence-corrected chi connectivity index (χ4v) is 2.42. The van der Waals surface area contributed by atoms with Crippen LogP contribution >= 0.6 is 0 Å². The van der Waals surface area contributed by atoms with E-state index in [2.05, 4.69) is 67.5 Å². The summed E-state index contributed by atoms with van der Waals surface area (Å²) in [5, 5.41) is 0. The molecule has 18 heavy (non-hydrogen) atoms. The highest BCUT2D eigenvalue weighted by Gasteiger charge is 2.23. The van der Waals surface area contributed by atoms with Crippen LogP contribution in [0.3, 0.4) is 0 Å². The average Bonchev–Trinajstić information content (AvgIpc) is 2.21. The van der Waals surface area contributed by atoms with Crippen molar-refractivity contribution in [2.45, 2.75) is 80.1 Å². The summed E-state index contributed by atoms with van der Waals surface area (Å²) in [6, 6.07) is 4.68. The fourth-order valence-electron chi connectivity index (χ4n) is 2.42. The van der Waals surface area contributed by atoms with Gasteiger partial charge in [0, 0.05) is 0 Å². The van der Waals surface area contributed by atoms with Crippen molar-refractivity contribution in [2.24, 2.45) is 0 Å². The number of aryl methyl sites for hydroxylation is 1. The zero-order valence-electron chi connectivity index (χ0n) is 14.2. The van der Waals surface area contributed by atoms with Crippen LogP contribution in [0.5, 0.6) is 0 Å². The molecule has 0 saturated heterocycles. The Morgan fingerprint density at radius 3 is 1.17 bits per heavy atom. The summed E-state index contributed by atoms with van der Waals surface area (Å²) in [7, 11) is 0. The molecule has 0 fully saturated rings. The SMILES string of the molecule is CC.Cc1cc(C(C)(C)C)c(C)c(C(C)(C)C)c1. The Balaban J connectivity index is 0.00000137. The molecule has 0 heteroatoms. The minimum Gasteiger partial charge on any atom is -0.0683 e. The second-order valence-corrected chi connectivity index (χ2v) is 6.99. The lowest BCUT2D eigenvalue weighted by molar-refractivity contribution is 0.560. The lowest BCUT2D eigenvalue weighted by Crippen LogP contribution is -2.19. The Bertz CT molecular complexity index is 348. The van der Waals surface area contributed by atoms with E-state index >= 15 is 0 Å². The minimum atomic E-state index is 0.232. The van der Waals surface area contributed by atoms with E-state index in [1.165, 1.54) is 22.3 Å². The zero-order chi connectivity index (χ0) is 14.7. The molecule has 104 valence electrons. The van der Waals surface area contributed by atoms with Crippen LogP contribution in [-0.4, -0.2) is 0 Å². The summed E-state index contributed by atoms with van der Waals surface area (Å²) >= 11 is 0. The molecule has 0 aliphatic rings. The number of hydrogen-bond donors (Lipinski definition) is 0. The lowest BCUT2D eigenvalue weighted by Gasteiger charge is -2.29. The third-order valence-corrected chi connectivity index (χ3v) is 3.17. The van der Waals surface area contributed by atoms with Crippen LogP contribution < -0.4 is 0 Å². The van der Waals surface area contributed by atoms with E-state index in [0.717, 1.165) is 0 Å². The molecule has 0 aliphatic carbocycles. The Morgan fingerprint density at radius 1 is 0.667 bits per heavy atom. The lowest BCUT2D eigenvalue weighted by atomic mass is 9.76. The molecule has 0 bridgehead atoms. The van der Waals surface area contributed by atoms with Gasteiger partial charge in [-0.3, -0.25) is 0 Å². The predicted molar refractivity (Wildman–Crippen MR) is 84.7 cm³/mol. The number of hydrogen-bond acceptors (Lipinski definition) is 0. The van der Waals surface area contributed by atoms with Gasteiger partial charge in [0.25, 0.3) is 0 Å². The monoisotopic (exact) mass is 248 g/mol. The van der Waals surface area contributed by atoms with Gasteiger partial charge < -0.3 is 0 Å². The third-order valence-electron chi connectivity index (χ3n) is 3.17. The van der Waals surface area contributed by atoms with E-state index in [-0.39, 0.29) is 10.8 Å². The second-order valence-electron chi connectivity index (χ2n) is 6.99.